The first-order chi connectivity index (χ1) is 10.7. The Morgan fingerprint density at radius 3 is 1.32 bits per heavy atom. The number of unbranched alkanes of at least 4 members (excludes halogenated alkanes) is 10. The van der Waals surface area contributed by atoms with Gasteiger partial charge in [-0.25, -0.2) is 0 Å². The van der Waals surface area contributed by atoms with Crippen molar-refractivity contribution in [2.75, 3.05) is 0 Å². The van der Waals surface area contributed by atoms with Crippen LogP contribution in [0.5, 0.6) is 0 Å². The molecule has 0 saturated carbocycles. The molecular formula is C22H46. The fourth-order valence-electron chi connectivity index (χ4n) is 3.46. The fraction of sp³-hybridized carbons (Fsp3) is 1.00. The Balaban J connectivity index is 3.32. The van der Waals surface area contributed by atoms with E-state index in [2.05, 4.69) is 27.7 Å². The maximum Gasteiger partial charge on any atom is -0.0417 e. The Kier molecular flexibility index (Phi) is 17.4. The van der Waals surface area contributed by atoms with Crippen LogP contribution in [-0.4, -0.2) is 0 Å². The molecule has 134 valence electrons. The predicted molar refractivity (Wildman–Crippen MR) is 104 cm³/mol. The highest BCUT2D eigenvalue weighted by atomic mass is 14.1. The standard InChI is InChI=1S/C22H46/c1-5-7-8-9-10-11-12-16-19-22(6-2)20-17-14-13-15-18-21(3)4/h21-22H,5-20H2,1-4H3. The molecule has 0 bridgehead atoms. The zero-order valence-corrected chi connectivity index (χ0v) is 16.5. The molecule has 0 spiro atoms. The van der Waals surface area contributed by atoms with Crippen LogP contribution in [0.4, 0.5) is 0 Å². The molecule has 0 aliphatic carbocycles. The smallest absolute Gasteiger partial charge is 0.0417 e. The minimum Gasteiger partial charge on any atom is -0.0654 e. The maximum atomic E-state index is 2.40. The Bertz CT molecular complexity index is 194. The molecule has 0 aromatic rings. The number of hydrogen-bond donors (Lipinski definition) is 0. The van der Waals surface area contributed by atoms with Crippen LogP contribution < -0.4 is 0 Å². The fourth-order valence-corrected chi connectivity index (χ4v) is 3.46. The Morgan fingerprint density at radius 1 is 0.500 bits per heavy atom. The van der Waals surface area contributed by atoms with Crippen molar-refractivity contribution in [3.63, 3.8) is 0 Å². The Labute approximate surface area is 142 Å². The molecule has 0 amide bonds. The van der Waals surface area contributed by atoms with Crippen molar-refractivity contribution < 1.29 is 0 Å². The maximum absolute atomic E-state index is 2.40. The second kappa shape index (κ2) is 17.4. The first-order valence-electron chi connectivity index (χ1n) is 10.7. The second-order valence-corrected chi connectivity index (χ2v) is 7.92. The summed E-state index contributed by atoms with van der Waals surface area (Å²) in [6, 6.07) is 0. The molecule has 0 N–H and O–H groups in total. The van der Waals surface area contributed by atoms with E-state index in [1.54, 1.807) is 0 Å². The largest absolute Gasteiger partial charge is 0.0654 e. The van der Waals surface area contributed by atoms with Gasteiger partial charge in [-0.3, -0.25) is 0 Å². The van der Waals surface area contributed by atoms with E-state index in [0.29, 0.717) is 0 Å². The van der Waals surface area contributed by atoms with E-state index in [4.69, 9.17) is 0 Å². The van der Waals surface area contributed by atoms with Crippen LogP contribution in [0.2, 0.25) is 0 Å². The van der Waals surface area contributed by atoms with Crippen molar-refractivity contribution in [2.45, 2.75) is 130 Å². The van der Waals surface area contributed by atoms with Gasteiger partial charge in [0.05, 0.1) is 0 Å². The van der Waals surface area contributed by atoms with Gasteiger partial charge in [-0.05, 0) is 11.8 Å². The van der Waals surface area contributed by atoms with Crippen molar-refractivity contribution in [2.24, 2.45) is 11.8 Å². The molecule has 1 atom stereocenters. The van der Waals surface area contributed by atoms with Gasteiger partial charge in [-0.1, -0.05) is 130 Å². The normalized spacial score (nSPS) is 13.0. The monoisotopic (exact) mass is 310 g/mol. The molecule has 0 heterocycles. The SMILES string of the molecule is CCCCCCCCCCC(CC)CCCCCCC(C)C. The molecule has 0 heteroatoms. The van der Waals surface area contributed by atoms with E-state index >= 15 is 0 Å². The number of rotatable bonds is 17. The summed E-state index contributed by atoms with van der Waals surface area (Å²) in [5.41, 5.74) is 0. The van der Waals surface area contributed by atoms with Gasteiger partial charge in [-0.2, -0.15) is 0 Å². The van der Waals surface area contributed by atoms with Gasteiger partial charge in [0.2, 0.25) is 0 Å². The van der Waals surface area contributed by atoms with Crippen molar-refractivity contribution in [3.8, 4) is 0 Å². The molecule has 0 radical (unpaired) electrons. The quantitative estimate of drug-likeness (QED) is 0.236. The minimum atomic E-state index is 0.894. The molecule has 0 aliphatic heterocycles. The molecule has 0 aliphatic rings. The lowest BCUT2D eigenvalue weighted by molar-refractivity contribution is 0.390. The zero-order valence-electron chi connectivity index (χ0n) is 16.5. The van der Waals surface area contributed by atoms with Gasteiger partial charge < -0.3 is 0 Å². The average molecular weight is 311 g/mol. The Morgan fingerprint density at radius 2 is 0.909 bits per heavy atom. The lowest BCUT2D eigenvalue weighted by atomic mass is 9.92. The summed E-state index contributed by atoms with van der Waals surface area (Å²) in [7, 11) is 0. The van der Waals surface area contributed by atoms with Crippen LogP contribution in [0.3, 0.4) is 0 Å². The van der Waals surface area contributed by atoms with E-state index in [1.807, 2.05) is 0 Å². The van der Waals surface area contributed by atoms with E-state index in [0.717, 1.165) is 11.8 Å². The first-order valence-corrected chi connectivity index (χ1v) is 10.7. The summed E-state index contributed by atoms with van der Waals surface area (Å²) < 4.78 is 0. The van der Waals surface area contributed by atoms with Crippen LogP contribution in [0.15, 0.2) is 0 Å². The van der Waals surface area contributed by atoms with E-state index < -0.39 is 0 Å². The summed E-state index contributed by atoms with van der Waals surface area (Å²) in [5.74, 6) is 1.91. The molecule has 0 aromatic carbocycles. The highest BCUT2D eigenvalue weighted by Gasteiger charge is 2.06. The van der Waals surface area contributed by atoms with Gasteiger partial charge in [0.25, 0.3) is 0 Å². The molecule has 22 heavy (non-hydrogen) atoms. The van der Waals surface area contributed by atoms with Crippen LogP contribution in [-0.2, 0) is 0 Å². The summed E-state index contributed by atoms with van der Waals surface area (Å²) in [4.78, 5) is 0. The second-order valence-electron chi connectivity index (χ2n) is 7.92. The zero-order chi connectivity index (χ0) is 16.5. The lowest BCUT2D eigenvalue weighted by Crippen LogP contribution is -1.99. The first kappa shape index (κ1) is 22.0. The van der Waals surface area contributed by atoms with Crippen molar-refractivity contribution in [1.29, 1.82) is 0 Å². The van der Waals surface area contributed by atoms with Gasteiger partial charge in [0.15, 0.2) is 0 Å². The number of hydrogen-bond acceptors (Lipinski definition) is 0. The molecular weight excluding hydrogens is 264 g/mol. The Hall–Kier alpha value is 0. The van der Waals surface area contributed by atoms with E-state index in [9.17, 15) is 0 Å². The highest BCUT2D eigenvalue weighted by Crippen LogP contribution is 2.22. The summed E-state index contributed by atoms with van der Waals surface area (Å²) in [6.45, 7) is 9.39. The summed E-state index contributed by atoms with van der Waals surface area (Å²) in [5, 5.41) is 0. The summed E-state index contributed by atoms with van der Waals surface area (Å²) >= 11 is 0. The minimum absolute atomic E-state index is 0.894. The van der Waals surface area contributed by atoms with Crippen molar-refractivity contribution >= 4 is 0 Å². The third-order valence-electron chi connectivity index (χ3n) is 5.19. The van der Waals surface area contributed by atoms with Crippen molar-refractivity contribution in [3.05, 3.63) is 0 Å². The predicted octanol–water partition coefficient (Wildman–Crippen LogP) is 8.54. The molecule has 0 aromatic heterocycles. The lowest BCUT2D eigenvalue weighted by Gasteiger charge is -2.14. The topological polar surface area (TPSA) is 0 Å². The summed E-state index contributed by atoms with van der Waals surface area (Å²) in [6.07, 6.45) is 23.4. The van der Waals surface area contributed by atoms with Gasteiger partial charge in [-0.15, -0.1) is 0 Å². The van der Waals surface area contributed by atoms with Gasteiger partial charge in [0, 0.05) is 0 Å². The average Bonchev–Trinajstić information content (AvgIpc) is 2.50. The molecule has 0 fully saturated rings. The van der Waals surface area contributed by atoms with Crippen LogP contribution >= 0.6 is 0 Å². The molecule has 0 saturated heterocycles. The molecule has 0 nitrogen and oxygen atoms in total. The van der Waals surface area contributed by atoms with Gasteiger partial charge >= 0.3 is 0 Å². The third kappa shape index (κ3) is 16.4. The highest BCUT2D eigenvalue weighted by molar-refractivity contribution is 4.59. The third-order valence-corrected chi connectivity index (χ3v) is 5.19. The molecule has 0 rings (SSSR count). The van der Waals surface area contributed by atoms with Crippen LogP contribution in [0, 0.1) is 11.8 Å². The van der Waals surface area contributed by atoms with Crippen molar-refractivity contribution in [1.82, 2.24) is 0 Å². The van der Waals surface area contributed by atoms with Gasteiger partial charge in [0.1, 0.15) is 0 Å². The van der Waals surface area contributed by atoms with E-state index in [-0.39, 0.29) is 0 Å². The molecule has 1 unspecified atom stereocenters. The van der Waals surface area contributed by atoms with Crippen LogP contribution in [0.1, 0.15) is 130 Å². The van der Waals surface area contributed by atoms with Crippen LogP contribution in [0.25, 0.3) is 0 Å². The van der Waals surface area contributed by atoms with E-state index in [1.165, 1.54) is 103 Å².